The van der Waals surface area contributed by atoms with E-state index in [9.17, 15) is 9.90 Å². The molecule has 0 saturated heterocycles. The van der Waals surface area contributed by atoms with E-state index in [4.69, 9.17) is 0 Å². The van der Waals surface area contributed by atoms with Gasteiger partial charge in [0, 0.05) is 25.0 Å². The normalized spacial score (nSPS) is 12.3. The number of rotatable bonds is 7. The fraction of sp³-hybridized carbons (Fsp3) is 0.600. The minimum absolute atomic E-state index is 0.0335. The molecule has 1 rings (SSSR count). The largest absolute Gasteiger partial charge is 0.394 e. The van der Waals surface area contributed by atoms with Crippen LogP contribution in [-0.2, 0) is 0 Å². The Kier molecular flexibility index (Phi) is 6.45. The lowest BCUT2D eigenvalue weighted by Gasteiger charge is -2.22. The maximum atomic E-state index is 12.2. The summed E-state index contributed by atoms with van der Waals surface area (Å²) in [5, 5.41) is 12.6. The van der Waals surface area contributed by atoms with Crippen LogP contribution in [0.25, 0.3) is 0 Å². The van der Waals surface area contributed by atoms with Crippen molar-refractivity contribution in [2.75, 3.05) is 25.0 Å². The number of carbonyl (C=O) groups excluding carboxylic acids is 1. The Balaban J connectivity index is 2.87. The predicted molar refractivity (Wildman–Crippen MR) is 80.8 cm³/mol. The van der Waals surface area contributed by atoms with Crippen LogP contribution < -0.4 is 5.32 Å². The lowest BCUT2D eigenvalue weighted by atomic mass is 10.1. The molecular formula is C15H25N3O2. The van der Waals surface area contributed by atoms with Crippen LogP contribution in [0.15, 0.2) is 18.3 Å². The van der Waals surface area contributed by atoms with Gasteiger partial charge in [0.25, 0.3) is 5.91 Å². The summed E-state index contributed by atoms with van der Waals surface area (Å²) < 4.78 is 0. The smallest absolute Gasteiger partial charge is 0.272 e. The average molecular weight is 279 g/mol. The predicted octanol–water partition coefficient (Wildman–Crippen LogP) is 1.99. The van der Waals surface area contributed by atoms with Gasteiger partial charge in [-0.3, -0.25) is 9.78 Å². The second-order valence-corrected chi connectivity index (χ2v) is 5.08. The van der Waals surface area contributed by atoms with E-state index in [1.54, 1.807) is 17.2 Å². The highest BCUT2D eigenvalue weighted by molar-refractivity contribution is 5.93. The number of aliphatic hydroxyl groups excluding tert-OH is 1. The number of hydrogen-bond acceptors (Lipinski definition) is 4. The first-order chi connectivity index (χ1) is 9.53. The summed E-state index contributed by atoms with van der Waals surface area (Å²) in [7, 11) is 0. The van der Waals surface area contributed by atoms with Crippen LogP contribution in [0, 0.1) is 5.92 Å². The van der Waals surface area contributed by atoms with Gasteiger partial charge in [-0.1, -0.05) is 13.8 Å². The average Bonchev–Trinajstić information content (AvgIpc) is 2.45. The zero-order chi connectivity index (χ0) is 15.1. The summed E-state index contributed by atoms with van der Waals surface area (Å²) in [5.41, 5.74) is 1.24. The van der Waals surface area contributed by atoms with Gasteiger partial charge in [-0.25, -0.2) is 0 Å². The molecule has 0 unspecified atom stereocenters. The molecule has 0 radical (unpaired) electrons. The molecule has 0 aliphatic rings. The van der Waals surface area contributed by atoms with Crippen molar-refractivity contribution in [3.8, 4) is 0 Å². The molecule has 5 nitrogen and oxygen atoms in total. The molecule has 20 heavy (non-hydrogen) atoms. The zero-order valence-electron chi connectivity index (χ0n) is 12.8. The molecule has 0 aliphatic heterocycles. The number of nitrogens with one attached hydrogen (secondary N) is 1. The van der Waals surface area contributed by atoms with Crippen LogP contribution >= 0.6 is 0 Å². The monoisotopic (exact) mass is 279 g/mol. The molecule has 0 bridgehead atoms. The molecule has 0 aromatic carbocycles. The molecule has 0 aliphatic carbocycles. The van der Waals surface area contributed by atoms with Crippen LogP contribution in [0.4, 0.5) is 5.69 Å². The van der Waals surface area contributed by atoms with E-state index in [0.29, 0.717) is 24.7 Å². The lowest BCUT2D eigenvalue weighted by molar-refractivity contribution is 0.0767. The fourth-order valence-electron chi connectivity index (χ4n) is 1.95. The van der Waals surface area contributed by atoms with Crippen LogP contribution in [0.1, 0.15) is 38.2 Å². The van der Waals surface area contributed by atoms with Crippen molar-refractivity contribution in [2.24, 2.45) is 5.92 Å². The van der Waals surface area contributed by atoms with Crippen molar-refractivity contribution in [1.29, 1.82) is 0 Å². The standard InChI is InChI=1S/C15H25N3O2/c1-5-18(6-2)15(20)13-9-12(7-8-16-13)17-14(10-19)11(3)4/h7-9,11,14,19H,5-6,10H2,1-4H3,(H,16,17)/t14-/m1/s1. The minimum atomic E-state index is -0.0660. The number of aromatic nitrogens is 1. The van der Waals surface area contributed by atoms with Gasteiger partial charge in [0.05, 0.1) is 12.6 Å². The Labute approximate surface area is 121 Å². The van der Waals surface area contributed by atoms with Crippen molar-refractivity contribution in [1.82, 2.24) is 9.88 Å². The molecule has 0 spiro atoms. The highest BCUT2D eigenvalue weighted by Crippen LogP contribution is 2.14. The summed E-state index contributed by atoms with van der Waals surface area (Å²) in [5.74, 6) is 0.235. The summed E-state index contributed by atoms with van der Waals surface area (Å²) >= 11 is 0. The van der Waals surface area contributed by atoms with Crippen LogP contribution in [0.2, 0.25) is 0 Å². The molecule has 1 atom stereocenters. The third-order valence-electron chi connectivity index (χ3n) is 3.38. The molecule has 0 saturated carbocycles. The first kappa shape index (κ1) is 16.4. The van der Waals surface area contributed by atoms with Crippen molar-refractivity contribution < 1.29 is 9.90 Å². The number of amides is 1. The molecular weight excluding hydrogens is 254 g/mol. The van der Waals surface area contributed by atoms with E-state index < -0.39 is 0 Å². The Morgan fingerprint density at radius 1 is 1.40 bits per heavy atom. The van der Waals surface area contributed by atoms with Crippen LogP contribution in [-0.4, -0.2) is 46.6 Å². The van der Waals surface area contributed by atoms with Gasteiger partial charge in [0.1, 0.15) is 5.69 Å². The lowest BCUT2D eigenvalue weighted by Crippen LogP contribution is -2.32. The Bertz CT molecular complexity index is 431. The van der Waals surface area contributed by atoms with Crippen LogP contribution in [0.3, 0.4) is 0 Å². The van der Waals surface area contributed by atoms with Crippen molar-refractivity contribution in [3.63, 3.8) is 0 Å². The third-order valence-corrected chi connectivity index (χ3v) is 3.38. The van der Waals surface area contributed by atoms with E-state index in [2.05, 4.69) is 10.3 Å². The SMILES string of the molecule is CCN(CC)C(=O)c1cc(N[C@H](CO)C(C)C)ccn1. The second-order valence-electron chi connectivity index (χ2n) is 5.08. The summed E-state index contributed by atoms with van der Waals surface area (Å²) in [6, 6.07) is 3.52. The number of nitrogens with zero attached hydrogens (tertiary/aromatic N) is 2. The maximum absolute atomic E-state index is 12.2. The molecule has 1 heterocycles. The van der Waals surface area contributed by atoms with Crippen LogP contribution in [0.5, 0.6) is 0 Å². The maximum Gasteiger partial charge on any atom is 0.272 e. The van der Waals surface area contributed by atoms with Gasteiger partial charge in [-0.2, -0.15) is 0 Å². The van der Waals surface area contributed by atoms with E-state index in [-0.39, 0.29) is 18.6 Å². The van der Waals surface area contributed by atoms with Gasteiger partial charge in [0.2, 0.25) is 0 Å². The minimum Gasteiger partial charge on any atom is -0.394 e. The van der Waals surface area contributed by atoms with Crippen molar-refractivity contribution >= 4 is 11.6 Å². The summed E-state index contributed by atoms with van der Waals surface area (Å²) in [6.45, 7) is 9.36. The molecule has 1 aromatic rings. The molecule has 2 N–H and O–H groups in total. The van der Waals surface area contributed by atoms with Gasteiger partial charge in [-0.15, -0.1) is 0 Å². The topological polar surface area (TPSA) is 65.5 Å². The quantitative estimate of drug-likeness (QED) is 0.801. The van der Waals surface area contributed by atoms with E-state index in [1.165, 1.54) is 0 Å². The first-order valence-corrected chi connectivity index (χ1v) is 7.16. The van der Waals surface area contributed by atoms with E-state index >= 15 is 0 Å². The molecule has 1 aromatic heterocycles. The highest BCUT2D eigenvalue weighted by atomic mass is 16.3. The Morgan fingerprint density at radius 3 is 2.55 bits per heavy atom. The third kappa shape index (κ3) is 4.20. The van der Waals surface area contributed by atoms with Gasteiger partial charge < -0.3 is 15.3 Å². The molecule has 0 fully saturated rings. The summed E-state index contributed by atoms with van der Waals surface area (Å²) in [6.07, 6.45) is 1.62. The molecule has 5 heteroatoms. The van der Waals surface area contributed by atoms with E-state index in [1.807, 2.05) is 33.8 Å². The molecule has 112 valence electrons. The van der Waals surface area contributed by atoms with Gasteiger partial charge in [0.15, 0.2) is 0 Å². The zero-order valence-corrected chi connectivity index (χ0v) is 12.8. The van der Waals surface area contributed by atoms with Crippen molar-refractivity contribution in [3.05, 3.63) is 24.0 Å². The fourth-order valence-corrected chi connectivity index (χ4v) is 1.95. The number of pyridine rings is 1. The van der Waals surface area contributed by atoms with Gasteiger partial charge in [-0.05, 0) is 31.9 Å². The number of aliphatic hydroxyl groups is 1. The first-order valence-electron chi connectivity index (χ1n) is 7.16. The second kappa shape index (κ2) is 7.85. The Morgan fingerprint density at radius 2 is 2.05 bits per heavy atom. The number of anilines is 1. The van der Waals surface area contributed by atoms with Crippen molar-refractivity contribution in [2.45, 2.75) is 33.7 Å². The highest BCUT2D eigenvalue weighted by Gasteiger charge is 2.16. The molecule has 1 amide bonds. The van der Waals surface area contributed by atoms with E-state index in [0.717, 1.165) is 5.69 Å². The number of hydrogen-bond donors (Lipinski definition) is 2. The number of carbonyl (C=O) groups is 1. The summed E-state index contributed by atoms with van der Waals surface area (Å²) in [4.78, 5) is 18.1. The Hall–Kier alpha value is -1.62. The van der Waals surface area contributed by atoms with Gasteiger partial charge >= 0.3 is 0 Å².